The number of aryl methyl sites for hydroxylation is 1. The predicted molar refractivity (Wildman–Crippen MR) is 106 cm³/mol. The van der Waals surface area contributed by atoms with Gasteiger partial charge in [0.1, 0.15) is 11.6 Å². The zero-order chi connectivity index (χ0) is 18.8. The Balaban J connectivity index is 1.50. The lowest BCUT2D eigenvalue weighted by Gasteiger charge is -2.32. The number of benzene rings is 1. The van der Waals surface area contributed by atoms with Crippen LogP contribution in [0.1, 0.15) is 85.4 Å². The van der Waals surface area contributed by atoms with Gasteiger partial charge in [0.05, 0.1) is 0 Å². The molecular weight excluding hydrogens is 336 g/mol. The second kappa shape index (κ2) is 7.83. The molecule has 0 aliphatic carbocycles. The van der Waals surface area contributed by atoms with Crippen LogP contribution in [-0.2, 0) is 13.0 Å². The maximum absolute atomic E-state index is 13.0. The van der Waals surface area contributed by atoms with Crippen molar-refractivity contribution in [2.24, 2.45) is 0 Å². The molecule has 1 aromatic heterocycles. The van der Waals surface area contributed by atoms with Crippen molar-refractivity contribution in [1.82, 2.24) is 19.7 Å². The third-order valence-electron chi connectivity index (χ3n) is 6.04. The minimum absolute atomic E-state index is 0.144. The predicted octanol–water partition coefficient (Wildman–Crippen LogP) is 4.15. The van der Waals surface area contributed by atoms with E-state index < -0.39 is 0 Å². The summed E-state index contributed by atoms with van der Waals surface area (Å²) in [4.78, 5) is 15.0. The van der Waals surface area contributed by atoms with Crippen molar-refractivity contribution in [1.29, 1.82) is 0 Å². The van der Waals surface area contributed by atoms with Crippen LogP contribution in [0.5, 0.6) is 0 Å². The number of carbonyl (C=O) groups is 1. The van der Waals surface area contributed by atoms with E-state index in [0.717, 1.165) is 56.1 Å². The van der Waals surface area contributed by atoms with Gasteiger partial charge in [0.25, 0.3) is 5.91 Å². The molecule has 5 nitrogen and oxygen atoms in total. The first-order chi connectivity index (χ1) is 13.1. The molecule has 1 atom stereocenters. The van der Waals surface area contributed by atoms with Crippen molar-refractivity contribution < 1.29 is 4.79 Å². The van der Waals surface area contributed by atoms with Crippen LogP contribution in [0.25, 0.3) is 0 Å². The van der Waals surface area contributed by atoms with Gasteiger partial charge in [0.15, 0.2) is 0 Å². The Morgan fingerprint density at radius 3 is 2.63 bits per heavy atom. The van der Waals surface area contributed by atoms with Crippen LogP contribution in [0.15, 0.2) is 24.3 Å². The molecular formula is C22H30N4O. The molecule has 2 aromatic rings. The second-order valence-corrected chi connectivity index (χ2v) is 8.30. The molecule has 1 saturated heterocycles. The molecule has 1 aromatic carbocycles. The number of rotatable bonds is 3. The Hall–Kier alpha value is -2.17. The zero-order valence-electron chi connectivity index (χ0n) is 16.5. The molecule has 27 heavy (non-hydrogen) atoms. The molecule has 4 rings (SSSR count). The lowest BCUT2D eigenvalue weighted by Crippen LogP contribution is -2.39. The Kier molecular flexibility index (Phi) is 5.28. The van der Waals surface area contributed by atoms with Gasteiger partial charge >= 0.3 is 0 Å². The van der Waals surface area contributed by atoms with Crippen molar-refractivity contribution in [2.45, 2.75) is 70.8 Å². The van der Waals surface area contributed by atoms with Crippen molar-refractivity contribution in [2.75, 3.05) is 13.1 Å². The van der Waals surface area contributed by atoms with E-state index in [-0.39, 0.29) is 5.91 Å². The number of carbonyl (C=O) groups excluding carboxylic acids is 1. The summed E-state index contributed by atoms with van der Waals surface area (Å²) in [5.41, 5.74) is 2.06. The molecule has 3 heterocycles. The van der Waals surface area contributed by atoms with Crippen LogP contribution in [0, 0.1) is 0 Å². The van der Waals surface area contributed by atoms with Crippen LogP contribution in [0.2, 0.25) is 0 Å². The first kappa shape index (κ1) is 18.2. The van der Waals surface area contributed by atoms with Gasteiger partial charge in [0, 0.05) is 37.5 Å². The molecule has 1 amide bonds. The van der Waals surface area contributed by atoms with Crippen molar-refractivity contribution in [3.63, 3.8) is 0 Å². The summed E-state index contributed by atoms with van der Waals surface area (Å²) >= 11 is 0. The SMILES string of the molecule is CC(C)c1ccc(C(=O)N2CCCC(c3nnc4n3CCCCC4)C2)cc1. The van der Waals surface area contributed by atoms with E-state index in [1.54, 1.807) is 0 Å². The molecule has 0 bridgehead atoms. The maximum Gasteiger partial charge on any atom is 0.253 e. The van der Waals surface area contributed by atoms with Gasteiger partial charge in [-0.3, -0.25) is 4.79 Å². The van der Waals surface area contributed by atoms with E-state index in [2.05, 4.69) is 40.7 Å². The number of piperidine rings is 1. The topological polar surface area (TPSA) is 51.0 Å². The Labute approximate surface area is 161 Å². The standard InChI is InChI=1S/C22H30N4O/c1-16(2)17-9-11-18(12-10-17)22(27)25-13-6-7-19(15-25)21-24-23-20-8-4-3-5-14-26(20)21/h9-12,16,19H,3-8,13-15H2,1-2H3. The highest BCUT2D eigenvalue weighted by Crippen LogP contribution is 2.29. The maximum atomic E-state index is 13.0. The molecule has 1 fully saturated rings. The molecule has 0 saturated carbocycles. The van der Waals surface area contributed by atoms with E-state index in [9.17, 15) is 4.79 Å². The first-order valence-corrected chi connectivity index (χ1v) is 10.4. The fourth-order valence-electron chi connectivity index (χ4n) is 4.38. The highest BCUT2D eigenvalue weighted by molar-refractivity contribution is 5.94. The normalized spacial score (nSPS) is 20.4. The van der Waals surface area contributed by atoms with Crippen molar-refractivity contribution in [3.05, 3.63) is 47.0 Å². The molecule has 2 aliphatic heterocycles. The molecule has 5 heteroatoms. The number of hydrogen-bond donors (Lipinski definition) is 0. The summed E-state index contributed by atoms with van der Waals surface area (Å²) in [5.74, 6) is 3.16. The second-order valence-electron chi connectivity index (χ2n) is 8.30. The van der Waals surface area contributed by atoms with E-state index in [4.69, 9.17) is 0 Å². The average molecular weight is 367 g/mol. The number of nitrogens with zero attached hydrogens (tertiary/aromatic N) is 4. The van der Waals surface area contributed by atoms with Gasteiger partial charge in [-0.15, -0.1) is 10.2 Å². The molecule has 2 aliphatic rings. The highest BCUT2D eigenvalue weighted by Gasteiger charge is 2.29. The number of likely N-dealkylation sites (tertiary alicyclic amines) is 1. The summed E-state index contributed by atoms with van der Waals surface area (Å²) in [6.45, 7) is 6.96. The smallest absolute Gasteiger partial charge is 0.253 e. The monoisotopic (exact) mass is 366 g/mol. The fraction of sp³-hybridized carbons (Fsp3) is 0.591. The number of aromatic nitrogens is 3. The summed E-state index contributed by atoms with van der Waals surface area (Å²) in [5, 5.41) is 8.99. The number of fused-ring (bicyclic) bond motifs is 1. The summed E-state index contributed by atoms with van der Waals surface area (Å²) in [6, 6.07) is 8.12. The van der Waals surface area contributed by atoms with Crippen LogP contribution in [0.3, 0.4) is 0 Å². The van der Waals surface area contributed by atoms with Crippen molar-refractivity contribution >= 4 is 5.91 Å². The van der Waals surface area contributed by atoms with E-state index in [1.165, 1.54) is 24.8 Å². The third kappa shape index (κ3) is 3.78. The van der Waals surface area contributed by atoms with E-state index in [1.807, 2.05) is 17.0 Å². The first-order valence-electron chi connectivity index (χ1n) is 10.4. The minimum Gasteiger partial charge on any atom is -0.338 e. The van der Waals surface area contributed by atoms with Gasteiger partial charge < -0.3 is 9.47 Å². The quantitative estimate of drug-likeness (QED) is 0.820. The number of amides is 1. The lowest BCUT2D eigenvalue weighted by molar-refractivity contribution is 0.0703. The minimum atomic E-state index is 0.144. The zero-order valence-corrected chi connectivity index (χ0v) is 16.5. The number of hydrogen-bond acceptors (Lipinski definition) is 3. The van der Waals surface area contributed by atoms with Gasteiger partial charge in [-0.25, -0.2) is 0 Å². The Bertz CT molecular complexity index is 793. The van der Waals surface area contributed by atoms with Crippen LogP contribution < -0.4 is 0 Å². The molecule has 0 N–H and O–H groups in total. The molecule has 0 radical (unpaired) electrons. The molecule has 144 valence electrons. The largest absolute Gasteiger partial charge is 0.338 e. The fourth-order valence-corrected chi connectivity index (χ4v) is 4.38. The summed E-state index contributed by atoms with van der Waals surface area (Å²) in [7, 11) is 0. The van der Waals surface area contributed by atoms with Gasteiger partial charge in [0.2, 0.25) is 0 Å². The van der Waals surface area contributed by atoms with E-state index >= 15 is 0 Å². The Morgan fingerprint density at radius 1 is 1.04 bits per heavy atom. The van der Waals surface area contributed by atoms with Gasteiger partial charge in [-0.05, 0) is 49.3 Å². The van der Waals surface area contributed by atoms with Crippen molar-refractivity contribution in [3.8, 4) is 0 Å². The third-order valence-corrected chi connectivity index (χ3v) is 6.04. The summed E-state index contributed by atoms with van der Waals surface area (Å²) < 4.78 is 2.34. The molecule has 0 spiro atoms. The van der Waals surface area contributed by atoms with E-state index in [0.29, 0.717) is 11.8 Å². The highest BCUT2D eigenvalue weighted by atomic mass is 16.2. The Morgan fingerprint density at radius 2 is 1.85 bits per heavy atom. The van der Waals surface area contributed by atoms with Crippen LogP contribution >= 0.6 is 0 Å². The van der Waals surface area contributed by atoms with Gasteiger partial charge in [-0.1, -0.05) is 32.4 Å². The van der Waals surface area contributed by atoms with Crippen LogP contribution in [0.4, 0.5) is 0 Å². The average Bonchev–Trinajstić information content (AvgIpc) is 2.96. The van der Waals surface area contributed by atoms with Gasteiger partial charge in [-0.2, -0.15) is 0 Å². The van der Waals surface area contributed by atoms with Crippen LogP contribution in [-0.4, -0.2) is 38.7 Å². The lowest BCUT2D eigenvalue weighted by atomic mass is 9.96. The summed E-state index contributed by atoms with van der Waals surface area (Å²) in [6.07, 6.45) is 6.83. The molecule has 1 unspecified atom stereocenters.